The van der Waals surface area contributed by atoms with Gasteiger partial charge in [-0.1, -0.05) is 44.1 Å². The van der Waals surface area contributed by atoms with Crippen molar-refractivity contribution in [3.8, 4) is 6.07 Å². The third kappa shape index (κ3) is 3.58. The highest BCUT2D eigenvalue weighted by Crippen LogP contribution is 2.22. The molecule has 0 bridgehead atoms. The summed E-state index contributed by atoms with van der Waals surface area (Å²) >= 11 is 0. The van der Waals surface area contributed by atoms with E-state index in [9.17, 15) is 4.79 Å². The molecule has 0 atom stereocenters. The summed E-state index contributed by atoms with van der Waals surface area (Å²) < 4.78 is 5.15. The standard InChI is InChI=1S/C16H16N4O2/c1-16(2,3)14-9-12(20-22-14)15(21)13(10-17)19-18-11-7-5-4-6-8-11/h4-9,18H,1-3H3/b19-13+. The van der Waals surface area contributed by atoms with E-state index >= 15 is 0 Å². The number of hydrogen-bond donors (Lipinski definition) is 1. The minimum atomic E-state index is -0.579. The first-order chi connectivity index (χ1) is 10.4. The van der Waals surface area contributed by atoms with E-state index in [1.54, 1.807) is 18.2 Å². The van der Waals surface area contributed by atoms with Crippen LogP contribution in [0.3, 0.4) is 0 Å². The number of carbonyl (C=O) groups excluding carboxylic acids is 1. The Labute approximate surface area is 128 Å². The van der Waals surface area contributed by atoms with Gasteiger partial charge in [0.15, 0.2) is 5.69 Å². The van der Waals surface area contributed by atoms with Gasteiger partial charge < -0.3 is 4.52 Å². The molecule has 6 nitrogen and oxygen atoms in total. The van der Waals surface area contributed by atoms with Crippen LogP contribution in [-0.2, 0) is 5.41 Å². The average molecular weight is 296 g/mol. The van der Waals surface area contributed by atoms with E-state index in [4.69, 9.17) is 9.78 Å². The van der Waals surface area contributed by atoms with Gasteiger partial charge in [-0.3, -0.25) is 10.2 Å². The summed E-state index contributed by atoms with van der Waals surface area (Å²) in [5.41, 5.74) is 2.87. The smallest absolute Gasteiger partial charge is 0.245 e. The maximum atomic E-state index is 12.2. The molecule has 0 saturated heterocycles. The van der Waals surface area contributed by atoms with Crippen LogP contribution in [0.2, 0.25) is 0 Å². The Bertz CT molecular complexity index is 733. The number of carbonyl (C=O) groups is 1. The number of hydrogen-bond acceptors (Lipinski definition) is 6. The van der Waals surface area contributed by atoms with Crippen molar-refractivity contribution in [2.24, 2.45) is 5.10 Å². The summed E-state index contributed by atoms with van der Waals surface area (Å²) in [6.45, 7) is 5.83. The van der Waals surface area contributed by atoms with Gasteiger partial charge in [0, 0.05) is 11.5 Å². The van der Waals surface area contributed by atoms with E-state index in [0.717, 1.165) is 0 Å². The van der Waals surface area contributed by atoms with Gasteiger partial charge >= 0.3 is 0 Å². The molecule has 0 aliphatic rings. The second-order valence-electron chi connectivity index (χ2n) is 5.71. The van der Waals surface area contributed by atoms with E-state index in [1.807, 2.05) is 39.0 Å². The van der Waals surface area contributed by atoms with Gasteiger partial charge in [0.2, 0.25) is 11.5 Å². The van der Waals surface area contributed by atoms with Crippen LogP contribution in [-0.4, -0.2) is 16.7 Å². The lowest BCUT2D eigenvalue weighted by atomic mass is 9.93. The minimum Gasteiger partial charge on any atom is -0.360 e. The quantitative estimate of drug-likeness (QED) is 0.531. The van der Waals surface area contributed by atoms with Crippen LogP contribution >= 0.6 is 0 Å². The van der Waals surface area contributed by atoms with Gasteiger partial charge in [-0.25, -0.2) is 0 Å². The summed E-state index contributed by atoms with van der Waals surface area (Å²) in [6, 6.07) is 12.4. The number of para-hydroxylation sites is 1. The molecular formula is C16H16N4O2. The van der Waals surface area contributed by atoms with E-state index in [0.29, 0.717) is 11.4 Å². The lowest BCUT2D eigenvalue weighted by molar-refractivity contribution is 0.105. The summed E-state index contributed by atoms with van der Waals surface area (Å²) in [7, 11) is 0. The Hall–Kier alpha value is -2.94. The van der Waals surface area contributed by atoms with Crippen LogP contribution in [0.1, 0.15) is 37.0 Å². The second-order valence-corrected chi connectivity index (χ2v) is 5.71. The number of hydrazone groups is 1. The number of Topliss-reactive ketones (excluding diaryl/α,β-unsaturated/α-hetero) is 1. The molecule has 0 spiro atoms. The zero-order chi connectivity index (χ0) is 16.2. The molecule has 0 aliphatic heterocycles. The molecule has 0 amide bonds. The highest BCUT2D eigenvalue weighted by molar-refractivity contribution is 6.51. The molecule has 0 fully saturated rings. The van der Waals surface area contributed by atoms with Crippen LogP contribution in [0, 0.1) is 11.3 Å². The zero-order valence-electron chi connectivity index (χ0n) is 12.6. The van der Waals surface area contributed by atoms with Gasteiger partial charge in [-0.05, 0) is 12.1 Å². The molecule has 0 aliphatic carbocycles. The molecule has 1 heterocycles. The topological polar surface area (TPSA) is 91.3 Å². The van der Waals surface area contributed by atoms with Crippen molar-refractivity contribution in [1.29, 1.82) is 5.26 Å². The largest absolute Gasteiger partial charge is 0.360 e. The molecule has 112 valence electrons. The van der Waals surface area contributed by atoms with Crippen LogP contribution < -0.4 is 5.43 Å². The number of nitrogens with one attached hydrogen (secondary N) is 1. The second kappa shape index (κ2) is 6.22. The number of benzene rings is 1. The molecule has 22 heavy (non-hydrogen) atoms. The molecule has 0 unspecified atom stereocenters. The Kier molecular flexibility index (Phi) is 4.37. The number of nitrogens with zero attached hydrogens (tertiary/aromatic N) is 3. The SMILES string of the molecule is CC(C)(C)c1cc(C(=O)/C(C#N)=N/Nc2ccccc2)no1. The monoisotopic (exact) mass is 296 g/mol. The Morgan fingerprint density at radius 3 is 2.55 bits per heavy atom. The van der Waals surface area contributed by atoms with Crippen LogP contribution in [0.4, 0.5) is 5.69 Å². The highest BCUT2D eigenvalue weighted by atomic mass is 16.5. The van der Waals surface area contributed by atoms with Gasteiger partial charge in [-0.2, -0.15) is 10.4 Å². The van der Waals surface area contributed by atoms with Crippen LogP contribution in [0.15, 0.2) is 46.0 Å². The molecule has 1 aromatic carbocycles. The lowest BCUT2D eigenvalue weighted by Crippen LogP contribution is -2.15. The number of aromatic nitrogens is 1. The molecule has 6 heteroatoms. The van der Waals surface area contributed by atoms with Gasteiger partial charge in [0.05, 0.1) is 5.69 Å². The molecule has 1 N–H and O–H groups in total. The number of nitriles is 1. The van der Waals surface area contributed by atoms with Crippen molar-refractivity contribution in [2.45, 2.75) is 26.2 Å². The van der Waals surface area contributed by atoms with Crippen LogP contribution in [0.25, 0.3) is 0 Å². The van der Waals surface area contributed by atoms with Crippen molar-refractivity contribution < 1.29 is 9.32 Å². The third-order valence-corrected chi connectivity index (χ3v) is 2.87. The maximum Gasteiger partial charge on any atom is 0.245 e. The average Bonchev–Trinajstić information content (AvgIpc) is 2.98. The molecule has 0 saturated carbocycles. The summed E-state index contributed by atoms with van der Waals surface area (Å²) in [4.78, 5) is 12.2. The van der Waals surface area contributed by atoms with Crippen molar-refractivity contribution in [2.75, 3.05) is 5.43 Å². The first kappa shape index (κ1) is 15.4. The predicted octanol–water partition coefficient (Wildman–Crippen LogP) is 3.15. The Balaban J connectivity index is 2.19. The van der Waals surface area contributed by atoms with E-state index in [2.05, 4.69) is 15.7 Å². The fourth-order valence-corrected chi connectivity index (χ4v) is 1.62. The van der Waals surface area contributed by atoms with E-state index in [-0.39, 0.29) is 16.8 Å². The molecule has 1 aromatic heterocycles. The normalized spacial score (nSPS) is 11.8. The lowest BCUT2D eigenvalue weighted by Gasteiger charge is -2.11. The fraction of sp³-hybridized carbons (Fsp3) is 0.250. The van der Waals surface area contributed by atoms with Gasteiger partial charge in [0.25, 0.3) is 0 Å². The predicted molar refractivity (Wildman–Crippen MR) is 82.6 cm³/mol. The number of rotatable bonds is 4. The first-order valence-electron chi connectivity index (χ1n) is 6.72. The highest BCUT2D eigenvalue weighted by Gasteiger charge is 2.24. The molecule has 0 radical (unpaired) electrons. The first-order valence-corrected chi connectivity index (χ1v) is 6.72. The van der Waals surface area contributed by atoms with Gasteiger partial charge in [0.1, 0.15) is 11.8 Å². The molecular weight excluding hydrogens is 280 g/mol. The van der Waals surface area contributed by atoms with Crippen molar-refractivity contribution >= 4 is 17.2 Å². The van der Waals surface area contributed by atoms with Gasteiger partial charge in [-0.15, -0.1) is 0 Å². The Morgan fingerprint density at radius 2 is 2.00 bits per heavy atom. The molecule has 2 aromatic rings. The van der Waals surface area contributed by atoms with Crippen molar-refractivity contribution in [3.05, 3.63) is 47.9 Å². The summed E-state index contributed by atoms with van der Waals surface area (Å²) in [5.74, 6) is -0.00524. The van der Waals surface area contributed by atoms with E-state index < -0.39 is 5.78 Å². The maximum absolute atomic E-state index is 12.2. The Morgan fingerprint density at radius 1 is 1.32 bits per heavy atom. The molecule has 2 rings (SSSR count). The van der Waals surface area contributed by atoms with Crippen molar-refractivity contribution in [3.63, 3.8) is 0 Å². The summed E-state index contributed by atoms with van der Waals surface area (Å²) in [6.07, 6.45) is 0. The zero-order valence-corrected chi connectivity index (χ0v) is 12.6. The third-order valence-electron chi connectivity index (χ3n) is 2.87. The fourth-order valence-electron chi connectivity index (χ4n) is 1.62. The minimum absolute atomic E-state index is 0.0695. The van der Waals surface area contributed by atoms with E-state index in [1.165, 1.54) is 6.07 Å². The number of anilines is 1. The van der Waals surface area contributed by atoms with Crippen LogP contribution in [0.5, 0.6) is 0 Å². The summed E-state index contributed by atoms with van der Waals surface area (Å²) in [5, 5.41) is 16.7. The number of ketones is 1. The van der Waals surface area contributed by atoms with Crippen molar-refractivity contribution in [1.82, 2.24) is 5.16 Å².